The van der Waals surface area contributed by atoms with Crippen LogP contribution in [0.1, 0.15) is 27.4 Å². The molecule has 0 bridgehead atoms. The number of benzene rings is 2. The highest BCUT2D eigenvalue weighted by atomic mass is 19.1. The number of hydrogen-bond acceptors (Lipinski definition) is 3. The van der Waals surface area contributed by atoms with Crippen molar-refractivity contribution in [3.63, 3.8) is 0 Å². The van der Waals surface area contributed by atoms with Gasteiger partial charge >= 0.3 is 0 Å². The lowest BCUT2D eigenvalue weighted by atomic mass is 10.1. The Kier molecular flexibility index (Phi) is 5.03. The van der Waals surface area contributed by atoms with Crippen molar-refractivity contribution in [2.24, 2.45) is 0 Å². The van der Waals surface area contributed by atoms with Gasteiger partial charge in [0.2, 0.25) is 0 Å². The Morgan fingerprint density at radius 1 is 1.10 bits per heavy atom. The van der Waals surface area contributed by atoms with Crippen molar-refractivity contribution >= 4 is 16.9 Å². The van der Waals surface area contributed by atoms with Gasteiger partial charge in [-0.25, -0.2) is 13.8 Å². The van der Waals surface area contributed by atoms with Crippen LogP contribution in [0, 0.1) is 18.6 Å². The van der Waals surface area contributed by atoms with Gasteiger partial charge < -0.3 is 9.88 Å². The predicted molar refractivity (Wildman–Crippen MR) is 105 cm³/mol. The van der Waals surface area contributed by atoms with Crippen molar-refractivity contribution in [1.82, 2.24) is 19.9 Å². The molecule has 0 fully saturated rings. The van der Waals surface area contributed by atoms with Gasteiger partial charge in [-0.1, -0.05) is 12.1 Å². The number of carbonyl (C=O) groups is 1. The normalized spacial score (nSPS) is 11.0. The fraction of sp³-hybridized carbons (Fsp3) is 0.136. The summed E-state index contributed by atoms with van der Waals surface area (Å²) in [7, 11) is 0. The molecule has 2 aromatic heterocycles. The van der Waals surface area contributed by atoms with E-state index in [1.807, 2.05) is 29.7 Å². The Hall–Kier alpha value is -3.61. The highest BCUT2D eigenvalue weighted by molar-refractivity contribution is 5.97. The zero-order valence-electron chi connectivity index (χ0n) is 15.7. The Balaban J connectivity index is 1.56. The van der Waals surface area contributed by atoms with Crippen LogP contribution in [-0.2, 0) is 13.1 Å². The Morgan fingerprint density at radius 3 is 2.72 bits per heavy atom. The number of imidazole rings is 1. The highest BCUT2D eigenvalue weighted by Crippen LogP contribution is 2.21. The van der Waals surface area contributed by atoms with E-state index in [1.165, 1.54) is 12.1 Å². The predicted octanol–water partition coefficient (Wildman–Crippen LogP) is 4.00. The summed E-state index contributed by atoms with van der Waals surface area (Å²) in [6.45, 7) is 2.36. The van der Waals surface area contributed by atoms with Crippen LogP contribution >= 0.6 is 0 Å². The van der Waals surface area contributed by atoms with Gasteiger partial charge in [0.25, 0.3) is 5.91 Å². The molecule has 1 amide bonds. The Bertz CT molecular complexity index is 1190. The third-order valence-corrected chi connectivity index (χ3v) is 4.70. The molecule has 0 saturated heterocycles. The molecule has 0 radical (unpaired) electrons. The lowest BCUT2D eigenvalue weighted by molar-refractivity contribution is 0.0950. The van der Waals surface area contributed by atoms with Crippen molar-refractivity contribution < 1.29 is 13.6 Å². The smallest absolute Gasteiger partial charge is 0.251 e. The molecular weight excluding hydrogens is 374 g/mol. The third-order valence-electron chi connectivity index (χ3n) is 4.70. The number of aryl methyl sites for hydroxylation is 1. The molecule has 0 aliphatic carbocycles. The second-order valence-corrected chi connectivity index (χ2v) is 6.69. The van der Waals surface area contributed by atoms with Crippen molar-refractivity contribution in [2.75, 3.05) is 0 Å². The van der Waals surface area contributed by atoms with E-state index >= 15 is 0 Å². The van der Waals surface area contributed by atoms with Gasteiger partial charge in [-0.15, -0.1) is 0 Å². The van der Waals surface area contributed by atoms with Crippen molar-refractivity contribution in [3.05, 3.63) is 95.1 Å². The molecule has 146 valence electrons. The van der Waals surface area contributed by atoms with E-state index < -0.39 is 11.6 Å². The maximum absolute atomic E-state index is 14.0. The van der Waals surface area contributed by atoms with Crippen molar-refractivity contribution in [3.8, 4) is 0 Å². The summed E-state index contributed by atoms with van der Waals surface area (Å²) in [5, 5.41) is 2.83. The summed E-state index contributed by atoms with van der Waals surface area (Å²) in [4.78, 5) is 21.1. The zero-order chi connectivity index (χ0) is 20.4. The van der Waals surface area contributed by atoms with Crippen molar-refractivity contribution in [1.29, 1.82) is 0 Å². The van der Waals surface area contributed by atoms with Gasteiger partial charge in [0.1, 0.15) is 17.5 Å². The molecule has 5 nitrogen and oxygen atoms in total. The largest absolute Gasteiger partial charge is 0.346 e. The average Bonchev–Trinajstić information content (AvgIpc) is 3.03. The molecule has 7 heteroatoms. The van der Waals surface area contributed by atoms with E-state index in [4.69, 9.17) is 0 Å². The van der Waals surface area contributed by atoms with Gasteiger partial charge in [0, 0.05) is 23.4 Å². The first-order valence-corrected chi connectivity index (χ1v) is 9.10. The minimum Gasteiger partial charge on any atom is -0.346 e. The first-order chi connectivity index (χ1) is 14.0. The van der Waals surface area contributed by atoms with Crippen LogP contribution in [0.3, 0.4) is 0 Å². The van der Waals surface area contributed by atoms with Crippen LogP contribution in [0.5, 0.6) is 0 Å². The lowest BCUT2D eigenvalue weighted by Gasteiger charge is -2.09. The first kappa shape index (κ1) is 18.7. The molecule has 1 N–H and O–H groups in total. The summed E-state index contributed by atoms with van der Waals surface area (Å²) in [5.41, 5.74) is 3.02. The topological polar surface area (TPSA) is 59.8 Å². The molecule has 0 saturated carbocycles. The minimum atomic E-state index is -0.611. The number of amides is 1. The van der Waals surface area contributed by atoms with Gasteiger partial charge in [0.15, 0.2) is 0 Å². The van der Waals surface area contributed by atoms with E-state index in [2.05, 4.69) is 15.3 Å². The monoisotopic (exact) mass is 392 g/mol. The molecule has 4 aromatic rings. The molecule has 4 rings (SSSR count). The van der Waals surface area contributed by atoms with E-state index in [-0.39, 0.29) is 12.5 Å². The summed E-state index contributed by atoms with van der Waals surface area (Å²) in [6, 6.07) is 14.2. The van der Waals surface area contributed by atoms with Crippen LogP contribution < -0.4 is 5.32 Å². The number of nitrogens with one attached hydrogen (secondary N) is 1. The Morgan fingerprint density at radius 2 is 1.97 bits per heavy atom. The van der Waals surface area contributed by atoms with Crippen LogP contribution in [0.2, 0.25) is 0 Å². The number of aromatic nitrogens is 3. The van der Waals surface area contributed by atoms with Gasteiger partial charge in [-0.2, -0.15) is 0 Å². The standard InChI is InChI=1S/C22H18F2N4O/c1-14-27-20-10-15(22(29)26-12-18-4-2-3-9-25-18)6-8-21(20)28(14)13-16-5-7-17(23)11-19(16)24/h2-11H,12-13H2,1H3,(H,26,29). The van der Waals surface area contributed by atoms with E-state index in [0.29, 0.717) is 29.0 Å². The van der Waals surface area contributed by atoms with Crippen molar-refractivity contribution in [2.45, 2.75) is 20.0 Å². The highest BCUT2D eigenvalue weighted by Gasteiger charge is 2.13. The molecule has 0 unspecified atom stereocenters. The summed E-state index contributed by atoms with van der Waals surface area (Å²) < 4.78 is 29.0. The molecule has 2 aromatic carbocycles. The van der Waals surface area contributed by atoms with Gasteiger partial charge in [0.05, 0.1) is 29.8 Å². The second-order valence-electron chi connectivity index (χ2n) is 6.69. The SMILES string of the molecule is Cc1nc2cc(C(=O)NCc3ccccn3)ccc2n1Cc1ccc(F)cc1F. The second kappa shape index (κ2) is 7.79. The number of nitrogens with zero attached hydrogens (tertiary/aromatic N) is 3. The molecule has 0 aliphatic rings. The maximum atomic E-state index is 14.0. The molecule has 0 atom stereocenters. The Labute approximate surface area is 166 Å². The molecule has 0 aliphatic heterocycles. The van der Waals surface area contributed by atoms with Crippen LogP contribution in [-0.4, -0.2) is 20.4 Å². The lowest BCUT2D eigenvalue weighted by Crippen LogP contribution is -2.23. The van der Waals surface area contributed by atoms with E-state index in [0.717, 1.165) is 17.3 Å². The number of pyridine rings is 1. The summed E-state index contributed by atoms with van der Waals surface area (Å²) in [5.74, 6) is -0.763. The number of carbonyl (C=O) groups excluding carboxylic acids is 1. The first-order valence-electron chi connectivity index (χ1n) is 9.10. The fourth-order valence-electron chi connectivity index (χ4n) is 3.19. The minimum absolute atomic E-state index is 0.222. The van der Waals surface area contributed by atoms with Crippen LogP contribution in [0.25, 0.3) is 11.0 Å². The zero-order valence-corrected chi connectivity index (χ0v) is 15.7. The molecule has 2 heterocycles. The summed E-state index contributed by atoms with van der Waals surface area (Å²) in [6.07, 6.45) is 1.67. The number of hydrogen-bond donors (Lipinski definition) is 1. The fourth-order valence-corrected chi connectivity index (χ4v) is 3.19. The maximum Gasteiger partial charge on any atom is 0.251 e. The van der Waals surface area contributed by atoms with E-state index in [9.17, 15) is 13.6 Å². The van der Waals surface area contributed by atoms with E-state index in [1.54, 1.807) is 24.4 Å². The quantitative estimate of drug-likeness (QED) is 0.559. The molecular formula is C22H18F2N4O. The third kappa shape index (κ3) is 3.99. The number of fused-ring (bicyclic) bond motifs is 1. The molecule has 0 spiro atoms. The van der Waals surface area contributed by atoms with Gasteiger partial charge in [-0.3, -0.25) is 9.78 Å². The molecule has 29 heavy (non-hydrogen) atoms. The van der Waals surface area contributed by atoms with Gasteiger partial charge in [-0.05, 0) is 43.3 Å². The van der Waals surface area contributed by atoms with Crippen LogP contribution in [0.4, 0.5) is 8.78 Å². The number of rotatable bonds is 5. The summed E-state index contributed by atoms with van der Waals surface area (Å²) >= 11 is 0. The average molecular weight is 392 g/mol. The van der Waals surface area contributed by atoms with Crippen LogP contribution in [0.15, 0.2) is 60.8 Å². The number of halogens is 2.